The van der Waals surface area contributed by atoms with Crippen LogP contribution in [0.2, 0.25) is 0 Å². The highest BCUT2D eigenvalue weighted by atomic mass is 32.2. The van der Waals surface area contributed by atoms with Crippen LogP contribution >= 0.6 is 11.8 Å². The zero-order valence-corrected chi connectivity index (χ0v) is 11.0. The molecule has 2 aromatic rings. The van der Waals surface area contributed by atoms with Gasteiger partial charge in [0.2, 0.25) is 0 Å². The maximum absolute atomic E-state index is 5.99. The summed E-state index contributed by atoms with van der Waals surface area (Å²) in [5.41, 5.74) is 8.50. The highest BCUT2D eigenvalue weighted by Crippen LogP contribution is 2.34. The zero-order valence-electron chi connectivity index (χ0n) is 10.2. The Morgan fingerprint density at radius 2 is 1.53 bits per heavy atom. The largest absolute Gasteiger partial charge is 0.324 e. The van der Waals surface area contributed by atoms with Gasteiger partial charge in [0.25, 0.3) is 0 Å². The molecule has 2 heteroatoms. The second kappa shape index (κ2) is 5.39. The number of aryl methyl sites for hydroxylation is 1. The molecule has 0 amide bonds. The van der Waals surface area contributed by atoms with Crippen LogP contribution in [0.4, 0.5) is 0 Å². The van der Waals surface area contributed by atoms with Crippen molar-refractivity contribution in [3.05, 3.63) is 59.7 Å². The van der Waals surface area contributed by atoms with Gasteiger partial charge in [-0.05, 0) is 37.1 Å². The van der Waals surface area contributed by atoms with Crippen molar-refractivity contribution >= 4 is 11.8 Å². The summed E-state index contributed by atoms with van der Waals surface area (Å²) in [6.07, 6.45) is 0. The Hall–Kier alpha value is -1.25. The average molecular weight is 243 g/mol. The van der Waals surface area contributed by atoms with E-state index in [1.807, 2.05) is 13.0 Å². The molecule has 0 bridgehead atoms. The molecule has 0 aliphatic rings. The lowest BCUT2D eigenvalue weighted by Crippen LogP contribution is -2.06. The fourth-order valence-corrected chi connectivity index (χ4v) is 2.87. The molecular weight excluding hydrogens is 226 g/mol. The van der Waals surface area contributed by atoms with Crippen LogP contribution in [0.5, 0.6) is 0 Å². The molecule has 0 saturated heterocycles. The zero-order chi connectivity index (χ0) is 12.3. The molecule has 17 heavy (non-hydrogen) atoms. The van der Waals surface area contributed by atoms with E-state index in [9.17, 15) is 0 Å². The number of benzene rings is 2. The molecule has 0 aliphatic heterocycles. The Balaban J connectivity index is 2.34. The van der Waals surface area contributed by atoms with Crippen LogP contribution < -0.4 is 5.73 Å². The summed E-state index contributed by atoms with van der Waals surface area (Å²) in [5, 5.41) is 0. The summed E-state index contributed by atoms with van der Waals surface area (Å²) in [6, 6.07) is 16.8. The molecule has 0 radical (unpaired) electrons. The molecule has 0 saturated carbocycles. The predicted octanol–water partition coefficient (Wildman–Crippen LogP) is 4.17. The molecular formula is C15H17NS. The van der Waals surface area contributed by atoms with Crippen LogP contribution in [0, 0.1) is 6.92 Å². The molecule has 0 aromatic heterocycles. The first kappa shape index (κ1) is 12.2. The summed E-state index contributed by atoms with van der Waals surface area (Å²) in [5.74, 6) is 0. The fourth-order valence-electron chi connectivity index (χ4n) is 1.74. The van der Waals surface area contributed by atoms with Crippen LogP contribution in [0.15, 0.2) is 58.3 Å². The maximum atomic E-state index is 5.99. The van der Waals surface area contributed by atoms with Gasteiger partial charge in [-0.3, -0.25) is 0 Å². The van der Waals surface area contributed by atoms with E-state index in [0.29, 0.717) is 0 Å². The van der Waals surface area contributed by atoms with E-state index in [-0.39, 0.29) is 6.04 Å². The molecule has 0 aliphatic carbocycles. The summed E-state index contributed by atoms with van der Waals surface area (Å²) in [6.45, 7) is 4.16. The van der Waals surface area contributed by atoms with Crippen LogP contribution in [-0.4, -0.2) is 0 Å². The van der Waals surface area contributed by atoms with Gasteiger partial charge in [0, 0.05) is 15.8 Å². The minimum absolute atomic E-state index is 0.0720. The Bertz CT molecular complexity index is 506. The maximum Gasteiger partial charge on any atom is 0.0277 e. The molecule has 2 aromatic carbocycles. The third-order valence-corrected chi connectivity index (χ3v) is 3.99. The molecule has 0 heterocycles. The van der Waals surface area contributed by atoms with Gasteiger partial charge < -0.3 is 5.73 Å². The third-order valence-electron chi connectivity index (χ3n) is 2.72. The molecule has 0 fully saturated rings. The topological polar surface area (TPSA) is 26.0 Å². The smallest absolute Gasteiger partial charge is 0.0277 e. The minimum Gasteiger partial charge on any atom is -0.324 e. The van der Waals surface area contributed by atoms with Crippen molar-refractivity contribution in [1.82, 2.24) is 0 Å². The molecule has 1 nitrogen and oxygen atoms in total. The van der Waals surface area contributed by atoms with Gasteiger partial charge in [-0.1, -0.05) is 48.2 Å². The first-order chi connectivity index (χ1) is 8.18. The number of hydrogen-bond donors (Lipinski definition) is 1. The van der Waals surface area contributed by atoms with Gasteiger partial charge in [0.05, 0.1) is 0 Å². The van der Waals surface area contributed by atoms with Gasteiger partial charge in [-0.15, -0.1) is 0 Å². The lowest BCUT2D eigenvalue weighted by molar-refractivity contribution is 0.797. The molecule has 0 spiro atoms. The summed E-state index contributed by atoms with van der Waals surface area (Å²) in [7, 11) is 0. The first-order valence-corrected chi connectivity index (χ1v) is 6.58. The molecule has 2 N–H and O–H groups in total. The SMILES string of the molecule is Cc1ccccc1Sc1ccccc1[C@@H](C)N. The van der Waals surface area contributed by atoms with Gasteiger partial charge in [-0.25, -0.2) is 0 Å². The van der Waals surface area contributed by atoms with E-state index in [0.717, 1.165) is 0 Å². The van der Waals surface area contributed by atoms with Crippen molar-refractivity contribution in [2.45, 2.75) is 29.7 Å². The van der Waals surface area contributed by atoms with E-state index in [1.165, 1.54) is 20.9 Å². The average Bonchev–Trinajstić information content (AvgIpc) is 2.32. The van der Waals surface area contributed by atoms with Crippen molar-refractivity contribution in [2.24, 2.45) is 5.73 Å². The van der Waals surface area contributed by atoms with Crippen molar-refractivity contribution < 1.29 is 0 Å². The quantitative estimate of drug-likeness (QED) is 0.875. The van der Waals surface area contributed by atoms with Crippen LogP contribution in [0.1, 0.15) is 24.1 Å². The predicted molar refractivity (Wildman–Crippen MR) is 74.3 cm³/mol. The minimum atomic E-state index is 0.0720. The van der Waals surface area contributed by atoms with Crippen molar-refractivity contribution in [1.29, 1.82) is 0 Å². The fraction of sp³-hybridized carbons (Fsp3) is 0.200. The van der Waals surface area contributed by atoms with Crippen molar-refractivity contribution in [2.75, 3.05) is 0 Å². The van der Waals surface area contributed by atoms with E-state index < -0.39 is 0 Å². The molecule has 2 rings (SSSR count). The standard InChI is InChI=1S/C15H17NS/c1-11-7-3-5-9-14(11)17-15-10-6-4-8-13(15)12(2)16/h3-10,12H,16H2,1-2H3/t12-/m1/s1. The number of nitrogens with two attached hydrogens (primary N) is 1. The van der Waals surface area contributed by atoms with E-state index in [4.69, 9.17) is 5.73 Å². The van der Waals surface area contributed by atoms with Crippen molar-refractivity contribution in [3.63, 3.8) is 0 Å². The Labute approximate surface area is 107 Å². The molecule has 0 unspecified atom stereocenters. The lowest BCUT2D eigenvalue weighted by atomic mass is 10.1. The van der Waals surface area contributed by atoms with Crippen molar-refractivity contribution in [3.8, 4) is 0 Å². The van der Waals surface area contributed by atoms with Gasteiger partial charge in [0.15, 0.2) is 0 Å². The Kier molecular flexibility index (Phi) is 3.87. The van der Waals surface area contributed by atoms with E-state index in [1.54, 1.807) is 11.8 Å². The highest BCUT2D eigenvalue weighted by Gasteiger charge is 2.08. The second-order valence-electron chi connectivity index (χ2n) is 4.19. The summed E-state index contributed by atoms with van der Waals surface area (Å²) < 4.78 is 0. The van der Waals surface area contributed by atoms with E-state index in [2.05, 4.69) is 49.4 Å². The third kappa shape index (κ3) is 2.90. The van der Waals surface area contributed by atoms with Gasteiger partial charge >= 0.3 is 0 Å². The second-order valence-corrected chi connectivity index (χ2v) is 5.28. The number of hydrogen-bond acceptors (Lipinski definition) is 2. The molecule has 88 valence electrons. The summed E-state index contributed by atoms with van der Waals surface area (Å²) >= 11 is 1.79. The summed E-state index contributed by atoms with van der Waals surface area (Å²) in [4.78, 5) is 2.54. The first-order valence-electron chi connectivity index (χ1n) is 5.76. The normalized spacial score (nSPS) is 12.4. The monoisotopic (exact) mass is 243 g/mol. The van der Waals surface area contributed by atoms with Crippen LogP contribution in [-0.2, 0) is 0 Å². The Morgan fingerprint density at radius 1 is 0.941 bits per heavy atom. The van der Waals surface area contributed by atoms with Gasteiger partial charge in [-0.2, -0.15) is 0 Å². The highest BCUT2D eigenvalue weighted by molar-refractivity contribution is 7.99. The van der Waals surface area contributed by atoms with E-state index >= 15 is 0 Å². The number of rotatable bonds is 3. The Morgan fingerprint density at radius 3 is 2.18 bits per heavy atom. The lowest BCUT2D eigenvalue weighted by Gasteiger charge is -2.13. The molecule has 1 atom stereocenters. The van der Waals surface area contributed by atoms with Gasteiger partial charge in [0.1, 0.15) is 0 Å². The van der Waals surface area contributed by atoms with Crippen LogP contribution in [0.3, 0.4) is 0 Å². The van der Waals surface area contributed by atoms with Crippen LogP contribution in [0.25, 0.3) is 0 Å².